The molecule has 8 heteroatoms. The van der Waals surface area contributed by atoms with Crippen molar-refractivity contribution in [3.63, 3.8) is 0 Å². The predicted octanol–water partition coefficient (Wildman–Crippen LogP) is 2.10. The van der Waals surface area contributed by atoms with Crippen LogP contribution < -0.4 is 0 Å². The van der Waals surface area contributed by atoms with Gasteiger partial charge >= 0.3 is 5.97 Å². The van der Waals surface area contributed by atoms with Gasteiger partial charge in [-0.15, -0.1) is 0 Å². The Labute approximate surface area is 150 Å². The quantitative estimate of drug-likeness (QED) is 0.522. The van der Waals surface area contributed by atoms with Crippen LogP contribution in [0.2, 0.25) is 0 Å². The van der Waals surface area contributed by atoms with Crippen molar-refractivity contribution in [3.8, 4) is 0 Å². The third-order valence-electron chi connectivity index (χ3n) is 4.06. The number of esters is 1. The maximum Gasteiger partial charge on any atom is 0.322 e. The number of halogens is 1. The lowest BCUT2D eigenvalue weighted by atomic mass is 9.97. The molecule has 0 aromatic heterocycles. The second-order valence-corrected chi connectivity index (χ2v) is 8.51. The first-order valence-corrected chi connectivity index (χ1v) is 9.12. The van der Waals surface area contributed by atoms with Crippen LogP contribution in [0.15, 0.2) is 0 Å². The summed E-state index contributed by atoms with van der Waals surface area (Å²) in [5.74, 6) is -1.99. The predicted molar refractivity (Wildman–Crippen MR) is 86.5 cm³/mol. The standard InChI is InChI=1S/C16H25BrO7/c1-7(2)19-13(18)8(17)9-10-11(22-15(3,4)21-10)12-14(20-9)24-16(5,6)23-12/h7-12,14H,1-6H3/t8-,9+,10-,11-,12+,14+/m0/s1. The van der Waals surface area contributed by atoms with E-state index in [0.717, 1.165) is 0 Å². The van der Waals surface area contributed by atoms with Gasteiger partial charge in [0.1, 0.15) is 29.2 Å². The summed E-state index contributed by atoms with van der Waals surface area (Å²) >= 11 is 3.40. The number of ether oxygens (including phenoxy) is 6. The van der Waals surface area contributed by atoms with Crippen molar-refractivity contribution in [2.24, 2.45) is 0 Å². The van der Waals surface area contributed by atoms with E-state index in [1.165, 1.54) is 0 Å². The summed E-state index contributed by atoms with van der Waals surface area (Å²) in [4.78, 5) is 11.6. The zero-order valence-corrected chi connectivity index (χ0v) is 16.4. The molecule has 0 unspecified atom stereocenters. The fraction of sp³-hybridized carbons (Fsp3) is 0.938. The van der Waals surface area contributed by atoms with E-state index in [0.29, 0.717) is 0 Å². The Morgan fingerprint density at radius 1 is 0.958 bits per heavy atom. The number of carbonyl (C=O) groups excluding carboxylic acids is 1. The summed E-state index contributed by atoms with van der Waals surface area (Å²) in [6, 6.07) is 0. The lowest BCUT2D eigenvalue weighted by Crippen LogP contribution is -2.58. The Kier molecular flexibility index (Phi) is 4.77. The first-order valence-electron chi connectivity index (χ1n) is 8.20. The molecule has 0 radical (unpaired) electrons. The highest BCUT2D eigenvalue weighted by atomic mass is 79.9. The molecule has 138 valence electrons. The van der Waals surface area contributed by atoms with Gasteiger partial charge in [0.05, 0.1) is 6.10 Å². The van der Waals surface area contributed by atoms with E-state index in [-0.39, 0.29) is 6.10 Å². The maximum atomic E-state index is 12.3. The molecule has 24 heavy (non-hydrogen) atoms. The third-order valence-corrected chi connectivity index (χ3v) is 4.95. The number of hydrogen-bond donors (Lipinski definition) is 0. The topological polar surface area (TPSA) is 72.5 Å². The molecule has 0 saturated carbocycles. The van der Waals surface area contributed by atoms with E-state index in [9.17, 15) is 4.79 Å². The van der Waals surface area contributed by atoms with Gasteiger partial charge in [0.15, 0.2) is 17.9 Å². The first kappa shape index (κ1) is 18.5. The van der Waals surface area contributed by atoms with Crippen LogP contribution >= 0.6 is 15.9 Å². The van der Waals surface area contributed by atoms with E-state index in [1.807, 2.05) is 27.7 Å². The van der Waals surface area contributed by atoms with Gasteiger partial charge in [-0.3, -0.25) is 4.79 Å². The molecule has 3 heterocycles. The summed E-state index contributed by atoms with van der Waals surface area (Å²) < 4.78 is 35.1. The van der Waals surface area contributed by atoms with E-state index < -0.39 is 53.1 Å². The van der Waals surface area contributed by atoms with Crippen LogP contribution in [0, 0.1) is 0 Å². The molecule has 3 aliphatic heterocycles. The second-order valence-electron chi connectivity index (χ2n) is 7.52. The first-order chi connectivity index (χ1) is 11.0. The molecule has 0 N–H and O–H groups in total. The molecule has 3 rings (SSSR count). The van der Waals surface area contributed by atoms with Crippen molar-refractivity contribution >= 4 is 21.9 Å². The van der Waals surface area contributed by atoms with E-state index in [2.05, 4.69) is 15.9 Å². The molecular weight excluding hydrogens is 384 g/mol. The number of carbonyl (C=O) groups is 1. The van der Waals surface area contributed by atoms with Gasteiger partial charge in [-0.2, -0.15) is 0 Å². The third kappa shape index (κ3) is 3.50. The molecule has 0 spiro atoms. The zero-order valence-electron chi connectivity index (χ0n) is 14.8. The summed E-state index contributed by atoms with van der Waals surface area (Å²) in [5, 5.41) is 0. The monoisotopic (exact) mass is 408 g/mol. The van der Waals surface area contributed by atoms with Crippen molar-refractivity contribution < 1.29 is 33.2 Å². The van der Waals surface area contributed by atoms with Crippen molar-refractivity contribution in [1.82, 2.24) is 0 Å². The number of hydrogen-bond acceptors (Lipinski definition) is 7. The molecule has 3 fully saturated rings. The van der Waals surface area contributed by atoms with Crippen LogP contribution in [0.25, 0.3) is 0 Å². The summed E-state index contributed by atoms with van der Waals surface area (Å²) in [6.07, 6.45) is -2.73. The molecule has 0 aromatic carbocycles. The highest BCUT2D eigenvalue weighted by molar-refractivity contribution is 9.10. The van der Waals surface area contributed by atoms with Crippen LogP contribution in [0.3, 0.4) is 0 Å². The molecule has 0 aliphatic carbocycles. The molecule has 6 atom stereocenters. The average molecular weight is 409 g/mol. The maximum absolute atomic E-state index is 12.3. The Bertz CT molecular complexity index is 507. The highest BCUT2D eigenvalue weighted by Crippen LogP contribution is 2.45. The van der Waals surface area contributed by atoms with Crippen LogP contribution in [0.1, 0.15) is 41.5 Å². The number of rotatable bonds is 3. The highest BCUT2D eigenvalue weighted by Gasteiger charge is 2.62. The normalized spacial score (nSPS) is 40.9. The minimum atomic E-state index is -0.795. The fourth-order valence-corrected chi connectivity index (χ4v) is 3.84. The van der Waals surface area contributed by atoms with E-state index in [4.69, 9.17) is 28.4 Å². The molecule has 3 aliphatic rings. The Hall–Kier alpha value is -0.250. The van der Waals surface area contributed by atoms with Crippen molar-refractivity contribution in [2.75, 3.05) is 0 Å². The molecule has 0 bridgehead atoms. The van der Waals surface area contributed by atoms with E-state index in [1.54, 1.807) is 13.8 Å². The molecule has 0 aromatic rings. The summed E-state index contributed by atoms with van der Waals surface area (Å²) in [5.41, 5.74) is 0. The van der Waals surface area contributed by atoms with Gasteiger partial charge in [0.25, 0.3) is 0 Å². The summed E-state index contributed by atoms with van der Waals surface area (Å²) in [6.45, 7) is 10.9. The van der Waals surface area contributed by atoms with Gasteiger partial charge in [-0.1, -0.05) is 15.9 Å². The van der Waals surface area contributed by atoms with Crippen LogP contribution in [0.4, 0.5) is 0 Å². The lowest BCUT2D eigenvalue weighted by molar-refractivity contribution is -0.234. The van der Waals surface area contributed by atoms with Crippen molar-refractivity contribution in [1.29, 1.82) is 0 Å². The largest absolute Gasteiger partial charge is 0.462 e. The van der Waals surface area contributed by atoms with Crippen molar-refractivity contribution in [2.45, 2.75) is 94.8 Å². The number of alkyl halides is 1. The van der Waals surface area contributed by atoms with Crippen molar-refractivity contribution in [3.05, 3.63) is 0 Å². The molecule has 3 saturated heterocycles. The second kappa shape index (κ2) is 6.17. The van der Waals surface area contributed by atoms with Gasteiger partial charge in [0.2, 0.25) is 0 Å². The Morgan fingerprint density at radius 3 is 2.12 bits per heavy atom. The molecule has 7 nitrogen and oxygen atoms in total. The Morgan fingerprint density at radius 2 is 1.50 bits per heavy atom. The fourth-order valence-electron chi connectivity index (χ4n) is 3.31. The smallest absolute Gasteiger partial charge is 0.322 e. The Balaban J connectivity index is 1.83. The number of fused-ring (bicyclic) bond motifs is 3. The van der Waals surface area contributed by atoms with Gasteiger partial charge in [-0.05, 0) is 41.5 Å². The summed E-state index contributed by atoms with van der Waals surface area (Å²) in [7, 11) is 0. The minimum Gasteiger partial charge on any atom is -0.462 e. The van der Waals surface area contributed by atoms with Gasteiger partial charge < -0.3 is 28.4 Å². The SMILES string of the molecule is CC(C)OC(=O)[C@@H](Br)[C@H]1O[C@@H]2OC(C)(C)O[C@@H]2[C@H]2OC(C)(C)O[C@H]21. The van der Waals surface area contributed by atoms with Crippen LogP contribution in [-0.2, 0) is 33.2 Å². The lowest BCUT2D eigenvalue weighted by Gasteiger charge is -2.38. The van der Waals surface area contributed by atoms with Crippen LogP contribution in [-0.4, -0.2) is 59.2 Å². The van der Waals surface area contributed by atoms with Gasteiger partial charge in [0, 0.05) is 0 Å². The van der Waals surface area contributed by atoms with E-state index >= 15 is 0 Å². The minimum absolute atomic E-state index is 0.216. The molecular formula is C16H25BrO7. The van der Waals surface area contributed by atoms with Crippen LogP contribution in [0.5, 0.6) is 0 Å². The molecule has 0 amide bonds. The average Bonchev–Trinajstić information content (AvgIpc) is 2.90. The van der Waals surface area contributed by atoms with Gasteiger partial charge in [-0.25, -0.2) is 0 Å². The zero-order chi connectivity index (χ0) is 17.9.